The molecule has 0 bridgehead atoms. The fraction of sp³-hybridized carbons (Fsp3) is 0. The number of esters is 1. The van der Waals surface area contributed by atoms with Crippen molar-refractivity contribution in [3.8, 4) is 34.5 Å². The number of halogens is 1. The Kier molecular flexibility index (Phi) is 4.42. The van der Waals surface area contributed by atoms with E-state index in [1.807, 2.05) is 0 Å². The summed E-state index contributed by atoms with van der Waals surface area (Å²) in [5.74, 6) is -7.51. The van der Waals surface area contributed by atoms with Crippen LogP contribution in [0.2, 0.25) is 0 Å². The van der Waals surface area contributed by atoms with Gasteiger partial charge in [0, 0.05) is 6.07 Å². The molecule has 0 radical (unpaired) electrons. The molecular weight excluding hydrogens is 392 g/mol. The molecule has 6 N–H and O–H groups in total. The van der Waals surface area contributed by atoms with Crippen LogP contribution in [-0.2, 0) is 0 Å². The van der Waals surface area contributed by atoms with E-state index in [1.165, 1.54) is 0 Å². The third-order valence-corrected chi connectivity index (χ3v) is 3.72. The normalized spacial score (nSPS) is 10.4. The SMILES string of the molecule is O=C(Oc1cc(C(=O)O)c(Br)c(O)c1O)c1cc(O)c(O)c(O)c1. The van der Waals surface area contributed by atoms with Crippen LogP contribution in [0.4, 0.5) is 0 Å². The van der Waals surface area contributed by atoms with E-state index in [2.05, 4.69) is 15.9 Å². The van der Waals surface area contributed by atoms with Crippen molar-refractivity contribution in [3.05, 3.63) is 33.8 Å². The molecule has 9 nitrogen and oxygen atoms in total. The molecule has 0 saturated heterocycles. The Hall–Kier alpha value is -3.14. The Labute approximate surface area is 141 Å². The van der Waals surface area contributed by atoms with E-state index in [0.29, 0.717) is 0 Å². The molecule has 0 aliphatic heterocycles. The average molecular weight is 401 g/mol. The van der Waals surface area contributed by atoms with Crippen LogP contribution < -0.4 is 4.74 Å². The maximum Gasteiger partial charge on any atom is 0.343 e. The topological polar surface area (TPSA) is 165 Å². The fourth-order valence-electron chi connectivity index (χ4n) is 1.73. The van der Waals surface area contributed by atoms with Gasteiger partial charge in [0.1, 0.15) is 0 Å². The van der Waals surface area contributed by atoms with Gasteiger partial charge in [0.25, 0.3) is 0 Å². The molecule has 2 rings (SSSR count). The number of rotatable bonds is 3. The maximum absolute atomic E-state index is 12.0. The minimum atomic E-state index is -1.46. The number of carboxylic acid groups (broad SMARTS) is 1. The highest BCUT2D eigenvalue weighted by molar-refractivity contribution is 9.10. The van der Waals surface area contributed by atoms with Gasteiger partial charge in [-0.3, -0.25) is 0 Å². The van der Waals surface area contributed by atoms with Crippen LogP contribution in [0, 0.1) is 0 Å². The molecule has 0 amide bonds. The van der Waals surface area contributed by atoms with E-state index in [1.54, 1.807) is 0 Å². The van der Waals surface area contributed by atoms with Crippen molar-refractivity contribution >= 4 is 27.9 Å². The second-order valence-electron chi connectivity index (χ2n) is 4.49. The van der Waals surface area contributed by atoms with Crippen LogP contribution in [0.15, 0.2) is 22.7 Å². The minimum absolute atomic E-state index is 0.313. The summed E-state index contributed by atoms with van der Waals surface area (Å²) in [5.41, 5.74) is -0.883. The molecular formula is C14H9BrO9. The molecule has 0 aliphatic rings. The number of phenolic OH excluding ortho intramolecular Hbond substituents is 5. The van der Waals surface area contributed by atoms with Gasteiger partial charge in [-0.2, -0.15) is 0 Å². The number of ether oxygens (including phenoxy) is 1. The summed E-state index contributed by atoms with van der Waals surface area (Å²) in [6.45, 7) is 0. The van der Waals surface area contributed by atoms with Crippen LogP contribution >= 0.6 is 15.9 Å². The number of aromatic carboxylic acids is 1. The zero-order valence-corrected chi connectivity index (χ0v) is 13.1. The number of carbonyl (C=O) groups excluding carboxylic acids is 1. The van der Waals surface area contributed by atoms with Crippen molar-refractivity contribution in [2.75, 3.05) is 0 Å². The van der Waals surface area contributed by atoms with Gasteiger partial charge < -0.3 is 35.4 Å². The predicted molar refractivity (Wildman–Crippen MR) is 80.8 cm³/mol. The largest absolute Gasteiger partial charge is 0.504 e. The number of aromatic hydroxyl groups is 5. The van der Waals surface area contributed by atoms with Gasteiger partial charge in [-0.1, -0.05) is 0 Å². The molecule has 10 heteroatoms. The molecule has 0 atom stereocenters. The summed E-state index contributed by atoms with van der Waals surface area (Å²) >= 11 is 2.78. The summed E-state index contributed by atoms with van der Waals surface area (Å²) in [6.07, 6.45) is 0. The van der Waals surface area contributed by atoms with Gasteiger partial charge in [0.15, 0.2) is 28.7 Å². The van der Waals surface area contributed by atoms with Crippen molar-refractivity contribution in [1.29, 1.82) is 0 Å². The third kappa shape index (κ3) is 2.99. The van der Waals surface area contributed by atoms with E-state index in [9.17, 15) is 35.1 Å². The number of carboxylic acids is 1. The van der Waals surface area contributed by atoms with Gasteiger partial charge in [0.05, 0.1) is 15.6 Å². The van der Waals surface area contributed by atoms with Crippen molar-refractivity contribution in [1.82, 2.24) is 0 Å². The maximum atomic E-state index is 12.0. The Morgan fingerprint density at radius 1 is 0.875 bits per heavy atom. The lowest BCUT2D eigenvalue weighted by atomic mass is 10.1. The summed E-state index contributed by atoms with van der Waals surface area (Å²) < 4.78 is 4.46. The van der Waals surface area contributed by atoms with E-state index < -0.39 is 57.6 Å². The summed E-state index contributed by atoms with van der Waals surface area (Å²) in [5, 5.41) is 56.3. The van der Waals surface area contributed by atoms with E-state index in [4.69, 9.17) is 9.84 Å². The number of benzene rings is 2. The number of hydrogen-bond acceptors (Lipinski definition) is 8. The molecule has 0 aromatic heterocycles. The van der Waals surface area contributed by atoms with E-state index >= 15 is 0 Å². The Bertz CT molecular complexity index is 837. The quantitative estimate of drug-likeness (QED) is 0.256. The standard InChI is InChI=1S/C14H9BrO9/c15-9-5(13(21)22)3-8(11(19)12(9)20)24-14(23)4-1-6(16)10(18)7(17)2-4/h1-3,16-20H,(H,21,22). The Balaban J connectivity index is 2.44. The van der Waals surface area contributed by atoms with Crippen LogP contribution in [0.25, 0.3) is 0 Å². The van der Waals surface area contributed by atoms with E-state index in [0.717, 1.165) is 18.2 Å². The summed E-state index contributed by atoms with van der Waals surface area (Å²) in [7, 11) is 0. The van der Waals surface area contributed by atoms with Gasteiger partial charge in [-0.05, 0) is 28.1 Å². The Morgan fingerprint density at radius 3 is 1.92 bits per heavy atom. The molecule has 0 heterocycles. The molecule has 0 fully saturated rings. The van der Waals surface area contributed by atoms with Gasteiger partial charge >= 0.3 is 11.9 Å². The highest BCUT2D eigenvalue weighted by Crippen LogP contribution is 2.44. The van der Waals surface area contributed by atoms with E-state index in [-0.39, 0.29) is 4.47 Å². The second-order valence-corrected chi connectivity index (χ2v) is 5.28. The highest BCUT2D eigenvalue weighted by Gasteiger charge is 2.23. The van der Waals surface area contributed by atoms with Gasteiger partial charge in [0.2, 0.25) is 5.75 Å². The van der Waals surface area contributed by atoms with Crippen LogP contribution in [0.1, 0.15) is 20.7 Å². The number of phenols is 5. The monoisotopic (exact) mass is 400 g/mol. The fourth-order valence-corrected chi connectivity index (χ4v) is 2.20. The second kappa shape index (κ2) is 6.16. The predicted octanol–water partition coefficient (Wildman–Crippen LogP) is 1.89. The van der Waals surface area contributed by atoms with Gasteiger partial charge in [-0.25, -0.2) is 9.59 Å². The molecule has 0 aliphatic carbocycles. The van der Waals surface area contributed by atoms with Gasteiger partial charge in [-0.15, -0.1) is 0 Å². The first-order valence-corrected chi connectivity index (χ1v) is 6.87. The number of carbonyl (C=O) groups is 2. The van der Waals surface area contributed by atoms with Crippen LogP contribution in [0.3, 0.4) is 0 Å². The number of hydrogen-bond donors (Lipinski definition) is 6. The lowest BCUT2D eigenvalue weighted by molar-refractivity contribution is 0.0684. The first-order valence-electron chi connectivity index (χ1n) is 6.08. The average Bonchev–Trinajstić information content (AvgIpc) is 2.52. The zero-order chi connectivity index (χ0) is 18.2. The van der Waals surface area contributed by atoms with Crippen molar-refractivity contribution in [3.63, 3.8) is 0 Å². The molecule has 0 unspecified atom stereocenters. The van der Waals surface area contributed by atoms with Crippen molar-refractivity contribution in [2.45, 2.75) is 0 Å². The smallest absolute Gasteiger partial charge is 0.343 e. The highest BCUT2D eigenvalue weighted by atomic mass is 79.9. The summed E-state index contributed by atoms with van der Waals surface area (Å²) in [4.78, 5) is 23.0. The molecule has 0 saturated carbocycles. The first kappa shape index (κ1) is 17.2. The third-order valence-electron chi connectivity index (χ3n) is 2.92. The van der Waals surface area contributed by atoms with Crippen LogP contribution in [0.5, 0.6) is 34.5 Å². The Morgan fingerprint density at radius 2 is 1.42 bits per heavy atom. The molecule has 24 heavy (non-hydrogen) atoms. The molecule has 0 spiro atoms. The first-order chi connectivity index (χ1) is 11.1. The van der Waals surface area contributed by atoms with Crippen molar-refractivity contribution < 1.29 is 45.0 Å². The minimum Gasteiger partial charge on any atom is -0.504 e. The lowest BCUT2D eigenvalue weighted by Gasteiger charge is -2.11. The summed E-state index contributed by atoms with van der Waals surface area (Å²) in [6, 6.07) is 2.36. The zero-order valence-electron chi connectivity index (χ0n) is 11.5. The van der Waals surface area contributed by atoms with Crippen LogP contribution in [-0.4, -0.2) is 42.6 Å². The van der Waals surface area contributed by atoms with Crippen molar-refractivity contribution in [2.24, 2.45) is 0 Å². The lowest BCUT2D eigenvalue weighted by Crippen LogP contribution is -2.09. The molecule has 2 aromatic rings. The molecule has 2 aromatic carbocycles. The molecule has 126 valence electrons.